The second kappa shape index (κ2) is 4.43. The number of hydrogen-bond acceptors (Lipinski definition) is 2. The second-order valence-corrected chi connectivity index (χ2v) is 4.98. The highest BCUT2D eigenvalue weighted by atomic mass is 16.1. The number of nitrogens with two attached hydrogens (primary N) is 1. The maximum Gasteiger partial charge on any atom is 0.139 e. The molecular formula is C12H21NO. The van der Waals surface area contributed by atoms with Crippen molar-refractivity contribution in [1.82, 2.24) is 0 Å². The van der Waals surface area contributed by atoms with E-state index >= 15 is 0 Å². The second-order valence-electron chi connectivity index (χ2n) is 4.98. The summed E-state index contributed by atoms with van der Waals surface area (Å²) in [5.41, 5.74) is 5.68. The lowest BCUT2D eigenvalue weighted by Crippen LogP contribution is -2.16. The normalized spacial score (nSPS) is 33.8. The Labute approximate surface area is 86.2 Å². The number of hydrogen-bond donors (Lipinski definition) is 1. The van der Waals surface area contributed by atoms with Crippen LogP contribution in [0.2, 0.25) is 0 Å². The Balaban J connectivity index is 1.84. The summed E-state index contributed by atoms with van der Waals surface area (Å²) < 4.78 is 0. The van der Waals surface area contributed by atoms with Gasteiger partial charge in [-0.2, -0.15) is 0 Å². The minimum atomic E-state index is 0.388. The van der Waals surface area contributed by atoms with E-state index in [4.69, 9.17) is 5.73 Å². The van der Waals surface area contributed by atoms with E-state index in [0.717, 1.165) is 32.2 Å². The van der Waals surface area contributed by atoms with Gasteiger partial charge in [0.2, 0.25) is 0 Å². The molecule has 0 aromatic heterocycles. The lowest BCUT2D eigenvalue weighted by Gasteiger charge is -2.12. The molecule has 0 spiro atoms. The smallest absolute Gasteiger partial charge is 0.139 e. The van der Waals surface area contributed by atoms with Gasteiger partial charge in [-0.05, 0) is 51.0 Å². The van der Waals surface area contributed by atoms with Gasteiger partial charge in [0.15, 0.2) is 0 Å². The lowest BCUT2D eigenvalue weighted by molar-refractivity contribution is -0.124. The molecule has 14 heavy (non-hydrogen) atoms. The van der Waals surface area contributed by atoms with Crippen LogP contribution in [0.3, 0.4) is 0 Å². The Morgan fingerprint density at radius 3 is 2.29 bits per heavy atom. The Bertz CT molecular complexity index is 210. The minimum Gasteiger partial charge on any atom is -0.330 e. The number of Topliss-reactive ketones (excluding diaryl/α,β-unsaturated/α-hetero) is 1. The third kappa shape index (κ3) is 2.35. The van der Waals surface area contributed by atoms with Gasteiger partial charge < -0.3 is 5.73 Å². The fourth-order valence-electron chi connectivity index (χ4n) is 2.60. The summed E-state index contributed by atoms with van der Waals surface area (Å²) in [6.45, 7) is 0.810. The van der Waals surface area contributed by atoms with Gasteiger partial charge in [-0.25, -0.2) is 0 Å². The maximum atomic E-state index is 11.9. The molecule has 0 amide bonds. The van der Waals surface area contributed by atoms with E-state index < -0.39 is 0 Å². The molecule has 0 aromatic carbocycles. The van der Waals surface area contributed by atoms with Gasteiger partial charge >= 0.3 is 0 Å². The highest BCUT2D eigenvalue weighted by molar-refractivity contribution is 5.85. The summed E-state index contributed by atoms with van der Waals surface area (Å²) in [5.74, 6) is 2.10. The molecule has 2 fully saturated rings. The third-order valence-electron chi connectivity index (χ3n) is 3.80. The van der Waals surface area contributed by atoms with Crippen molar-refractivity contribution in [3.8, 4) is 0 Å². The first-order valence-corrected chi connectivity index (χ1v) is 6.05. The summed E-state index contributed by atoms with van der Waals surface area (Å²) in [4.78, 5) is 11.9. The largest absolute Gasteiger partial charge is 0.330 e. The van der Waals surface area contributed by atoms with Crippen molar-refractivity contribution in [2.75, 3.05) is 6.54 Å². The first-order valence-electron chi connectivity index (χ1n) is 6.05. The van der Waals surface area contributed by atoms with Crippen LogP contribution >= 0.6 is 0 Å². The molecule has 0 aliphatic heterocycles. The highest BCUT2D eigenvalue weighted by Crippen LogP contribution is 2.37. The molecule has 2 rings (SSSR count). The van der Waals surface area contributed by atoms with Gasteiger partial charge in [-0.3, -0.25) is 4.79 Å². The van der Waals surface area contributed by atoms with E-state index in [1.165, 1.54) is 19.3 Å². The van der Waals surface area contributed by atoms with Crippen molar-refractivity contribution < 1.29 is 4.79 Å². The average Bonchev–Trinajstić information content (AvgIpc) is 3.03. The van der Waals surface area contributed by atoms with E-state index in [9.17, 15) is 4.79 Å². The van der Waals surface area contributed by atoms with E-state index in [1.807, 2.05) is 0 Å². The van der Waals surface area contributed by atoms with Gasteiger partial charge in [0.1, 0.15) is 5.78 Å². The number of rotatable bonds is 3. The fourth-order valence-corrected chi connectivity index (χ4v) is 2.60. The number of ketones is 1. The molecule has 2 atom stereocenters. The molecule has 1 unspecified atom stereocenters. The van der Waals surface area contributed by atoms with Crippen LogP contribution in [0.5, 0.6) is 0 Å². The van der Waals surface area contributed by atoms with Crippen molar-refractivity contribution in [2.24, 2.45) is 23.5 Å². The summed E-state index contributed by atoms with van der Waals surface area (Å²) >= 11 is 0. The first-order chi connectivity index (χ1) is 6.81. The molecule has 0 heterocycles. The van der Waals surface area contributed by atoms with Crippen LogP contribution < -0.4 is 5.73 Å². The van der Waals surface area contributed by atoms with Crippen molar-refractivity contribution >= 4 is 5.78 Å². The topological polar surface area (TPSA) is 43.1 Å². The van der Waals surface area contributed by atoms with E-state index in [0.29, 0.717) is 23.5 Å². The van der Waals surface area contributed by atoms with Gasteiger partial charge in [-0.1, -0.05) is 6.42 Å². The predicted molar refractivity (Wildman–Crippen MR) is 56.9 cm³/mol. The fraction of sp³-hybridized carbons (Fsp3) is 0.917. The molecule has 2 saturated carbocycles. The molecule has 2 N–H and O–H groups in total. The van der Waals surface area contributed by atoms with Crippen LogP contribution in [-0.4, -0.2) is 12.3 Å². The Kier molecular flexibility index (Phi) is 3.22. The standard InChI is InChI=1S/C12H21NO/c13-8-9-2-1-3-10(5-4-9)12(14)11-6-7-11/h9-11H,1-8,13H2/t9-,10?/m0/s1. The zero-order valence-electron chi connectivity index (χ0n) is 8.87. The summed E-state index contributed by atoms with van der Waals surface area (Å²) in [6.07, 6.45) is 8.20. The number of carbonyl (C=O) groups is 1. The van der Waals surface area contributed by atoms with Crippen molar-refractivity contribution in [3.05, 3.63) is 0 Å². The van der Waals surface area contributed by atoms with Gasteiger partial charge in [0, 0.05) is 11.8 Å². The van der Waals surface area contributed by atoms with Gasteiger partial charge in [-0.15, -0.1) is 0 Å². The van der Waals surface area contributed by atoms with Crippen LogP contribution in [0.1, 0.15) is 44.9 Å². The van der Waals surface area contributed by atoms with Crippen LogP contribution in [-0.2, 0) is 4.79 Å². The Morgan fingerprint density at radius 2 is 1.64 bits per heavy atom. The molecule has 2 nitrogen and oxygen atoms in total. The predicted octanol–water partition coefficient (Wildman–Crippen LogP) is 2.12. The molecule has 2 aliphatic rings. The third-order valence-corrected chi connectivity index (χ3v) is 3.80. The van der Waals surface area contributed by atoms with Crippen LogP contribution in [0, 0.1) is 17.8 Å². The lowest BCUT2D eigenvalue weighted by atomic mass is 9.92. The molecule has 2 aliphatic carbocycles. The van der Waals surface area contributed by atoms with Crippen molar-refractivity contribution in [2.45, 2.75) is 44.9 Å². The monoisotopic (exact) mass is 195 g/mol. The zero-order valence-corrected chi connectivity index (χ0v) is 8.87. The molecule has 0 bridgehead atoms. The first kappa shape index (κ1) is 10.2. The summed E-state index contributed by atoms with van der Waals surface area (Å²) in [5, 5.41) is 0. The van der Waals surface area contributed by atoms with E-state index in [2.05, 4.69) is 0 Å². The maximum absolute atomic E-state index is 11.9. The molecule has 0 aromatic rings. The van der Waals surface area contributed by atoms with Crippen LogP contribution in [0.4, 0.5) is 0 Å². The highest BCUT2D eigenvalue weighted by Gasteiger charge is 2.35. The molecule has 0 saturated heterocycles. The van der Waals surface area contributed by atoms with Crippen LogP contribution in [0.25, 0.3) is 0 Å². The van der Waals surface area contributed by atoms with E-state index in [1.54, 1.807) is 0 Å². The van der Waals surface area contributed by atoms with Crippen molar-refractivity contribution in [3.63, 3.8) is 0 Å². The van der Waals surface area contributed by atoms with Crippen molar-refractivity contribution in [1.29, 1.82) is 0 Å². The SMILES string of the molecule is NC[C@H]1CCCC(C(=O)C2CC2)CC1. The minimum absolute atomic E-state index is 0.388. The average molecular weight is 195 g/mol. The molecule has 2 heteroatoms. The number of carbonyl (C=O) groups excluding carboxylic acids is 1. The Morgan fingerprint density at radius 1 is 1.00 bits per heavy atom. The van der Waals surface area contributed by atoms with Gasteiger partial charge in [0.05, 0.1) is 0 Å². The molecular weight excluding hydrogens is 174 g/mol. The summed E-state index contributed by atoms with van der Waals surface area (Å²) in [7, 11) is 0. The Hall–Kier alpha value is -0.370. The zero-order chi connectivity index (χ0) is 9.97. The summed E-state index contributed by atoms with van der Waals surface area (Å²) in [6, 6.07) is 0. The van der Waals surface area contributed by atoms with Gasteiger partial charge in [0.25, 0.3) is 0 Å². The van der Waals surface area contributed by atoms with Crippen LogP contribution in [0.15, 0.2) is 0 Å². The quantitative estimate of drug-likeness (QED) is 0.701. The molecule has 80 valence electrons. The van der Waals surface area contributed by atoms with E-state index in [-0.39, 0.29) is 0 Å². The molecule has 0 radical (unpaired) electrons.